The molecule has 0 rings (SSSR count). The van der Waals surface area contributed by atoms with Crippen LogP contribution < -0.4 is 11.1 Å². The molecular weight excluding hydrogens is 194 g/mol. The Labute approximate surface area is 81.8 Å². The molecule has 84 valence electrons. The zero-order valence-electron chi connectivity index (χ0n) is 8.51. The standard InChI is InChI=1S/C8H16F2N2O2/c1-8(2,3)12-7(13)14-5(4-11)6(9)10/h5-6H,4,11H2,1-3H3,(H,12,13)/t5-/m0/s1. The summed E-state index contributed by atoms with van der Waals surface area (Å²) in [7, 11) is 0. The van der Waals surface area contributed by atoms with Gasteiger partial charge in [-0.05, 0) is 20.8 Å². The quantitative estimate of drug-likeness (QED) is 0.733. The molecule has 14 heavy (non-hydrogen) atoms. The lowest BCUT2D eigenvalue weighted by Crippen LogP contribution is -2.44. The highest BCUT2D eigenvalue weighted by atomic mass is 19.3. The molecule has 0 aliphatic rings. The van der Waals surface area contributed by atoms with E-state index in [0.29, 0.717) is 0 Å². The third-order valence-corrected chi connectivity index (χ3v) is 1.25. The van der Waals surface area contributed by atoms with Crippen LogP contribution in [0.3, 0.4) is 0 Å². The van der Waals surface area contributed by atoms with Crippen molar-refractivity contribution in [2.24, 2.45) is 5.73 Å². The van der Waals surface area contributed by atoms with Gasteiger partial charge >= 0.3 is 6.09 Å². The molecule has 3 N–H and O–H groups in total. The Morgan fingerprint density at radius 3 is 2.29 bits per heavy atom. The fourth-order valence-corrected chi connectivity index (χ4v) is 0.676. The molecule has 0 aliphatic heterocycles. The first-order valence-corrected chi connectivity index (χ1v) is 4.23. The second-order valence-corrected chi connectivity index (χ2v) is 3.89. The molecule has 4 nitrogen and oxygen atoms in total. The number of carbonyl (C=O) groups excluding carboxylic acids is 1. The van der Waals surface area contributed by atoms with Crippen molar-refractivity contribution in [3.8, 4) is 0 Å². The Balaban J connectivity index is 4.04. The maximum absolute atomic E-state index is 12.1. The van der Waals surface area contributed by atoms with Crippen LogP contribution in [0.1, 0.15) is 20.8 Å². The molecule has 1 amide bonds. The zero-order chi connectivity index (χ0) is 11.4. The summed E-state index contributed by atoms with van der Waals surface area (Å²) in [6, 6.07) is 0. The van der Waals surface area contributed by atoms with Crippen LogP contribution in [-0.2, 0) is 4.74 Å². The van der Waals surface area contributed by atoms with E-state index in [1.807, 2.05) is 0 Å². The van der Waals surface area contributed by atoms with Gasteiger partial charge in [0.05, 0.1) is 0 Å². The predicted molar refractivity (Wildman–Crippen MR) is 48.2 cm³/mol. The summed E-state index contributed by atoms with van der Waals surface area (Å²) >= 11 is 0. The summed E-state index contributed by atoms with van der Waals surface area (Å²) in [5.41, 5.74) is 4.49. The lowest BCUT2D eigenvalue weighted by atomic mass is 10.1. The number of carbonyl (C=O) groups is 1. The van der Waals surface area contributed by atoms with Gasteiger partial charge in [-0.2, -0.15) is 0 Å². The molecule has 0 spiro atoms. The molecule has 0 saturated heterocycles. The summed E-state index contributed by atoms with van der Waals surface area (Å²) in [4.78, 5) is 11.0. The Morgan fingerprint density at radius 1 is 1.50 bits per heavy atom. The van der Waals surface area contributed by atoms with E-state index in [4.69, 9.17) is 5.73 Å². The van der Waals surface area contributed by atoms with Crippen LogP contribution in [0.2, 0.25) is 0 Å². The summed E-state index contributed by atoms with van der Waals surface area (Å²) in [5.74, 6) is 0. The van der Waals surface area contributed by atoms with Crippen LogP contribution in [0, 0.1) is 0 Å². The molecule has 0 bridgehead atoms. The molecule has 0 aromatic rings. The highest BCUT2D eigenvalue weighted by Crippen LogP contribution is 2.06. The number of rotatable bonds is 3. The van der Waals surface area contributed by atoms with E-state index in [1.165, 1.54) is 0 Å². The Hall–Kier alpha value is -0.910. The van der Waals surface area contributed by atoms with E-state index in [9.17, 15) is 13.6 Å². The van der Waals surface area contributed by atoms with Gasteiger partial charge in [-0.15, -0.1) is 0 Å². The molecule has 0 aromatic heterocycles. The van der Waals surface area contributed by atoms with Gasteiger partial charge in [0, 0.05) is 12.1 Å². The van der Waals surface area contributed by atoms with Gasteiger partial charge in [-0.1, -0.05) is 0 Å². The van der Waals surface area contributed by atoms with E-state index >= 15 is 0 Å². The SMILES string of the molecule is CC(C)(C)NC(=O)O[C@@H](CN)C(F)F. The highest BCUT2D eigenvalue weighted by Gasteiger charge is 2.24. The van der Waals surface area contributed by atoms with E-state index < -0.39 is 30.7 Å². The van der Waals surface area contributed by atoms with Gasteiger partial charge in [-0.25, -0.2) is 13.6 Å². The molecular formula is C8H16F2N2O2. The number of amides is 1. The van der Waals surface area contributed by atoms with Gasteiger partial charge in [-0.3, -0.25) is 0 Å². The molecule has 0 heterocycles. The van der Waals surface area contributed by atoms with Crippen molar-refractivity contribution in [3.05, 3.63) is 0 Å². The first-order chi connectivity index (χ1) is 6.26. The Kier molecular flexibility index (Phi) is 4.76. The molecule has 1 atom stereocenters. The smallest absolute Gasteiger partial charge is 0.408 e. The van der Waals surface area contributed by atoms with Gasteiger partial charge in [0.15, 0.2) is 6.10 Å². The predicted octanol–water partition coefficient (Wildman–Crippen LogP) is 1.10. The van der Waals surface area contributed by atoms with E-state index in [-0.39, 0.29) is 0 Å². The Bertz CT molecular complexity index is 192. The molecule has 0 unspecified atom stereocenters. The largest absolute Gasteiger partial charge is 0.439 e. The summed E-state index contributed by atoms with van der Waals surface area (Å²) < 4.78 is 28.6. The van der Waals surface area contributed by atoms with Crippen molar-refractivity contribution in [1.82, 2.24) is 5.32 Å². The van der Waals surface area contributed by atoms with Crippen molar-refractivity contribution in [1.29, 1.82) is 0 Å². The summed E-state index contributed by atoms with van der Waals surface area (Å²) in [6.07, 6.45) is -5.18. The number of hydrogen-bond donors (Lipinski definition) is 2. The topological polar surface area (TPSA) is 64.3 Å². The normalized spacial score (nSPS) is 13.9. The average molecular weight is 210 g/mol. The monoisotopic (exact) mass is 210 g/mol. The number of nitrogens with one attached hydrogen (secondary N) is 1. The number of alkyl halides is 2. The van der Waals surface area contributed by atoms with Crippen LogP contribution in [0.4, 0.5) is 13.6 Å². The summed E-state index contributed by atoms with van der Waals surface area (Å²) in [6.45, 7) is 4.76. The molecule has 6 heteroatoms. The minimum atomic E-state index is -2.76. The van der Waals surface area contributed by atoms with Crippen molar-refractivity contribution in [2.75, 3.05) is 6.54 Å². The Morgan fingerprint density at radius 2 is 2.00 bits per heavy atom. The number of ether oxygens (including phenoxy) is 1. The van der Waals surface area contributed by atoms with Gasteiger partial charge in [0.1, 0.15) is 0 Å². The second-order valence-electron chi connectivity index (χ2n) is 3.89. The number of nitrogens with two attached hydrogens (primary N) is 1. The molecule has 0 aliphatic carbocycles. The lowest BCUT2D eigenvalue weighted by molar-refractivity contribution is -0.0141. The van der Waals surface area contributed by atoms with Crippen LogP contribution >= 0.6 is 0 Å². The van der Waals surface area contributed by atoms with Crippen LogP contribution in [0.15, 0.2) is 0 Å². The van der Waals surface area contributed by atoms with Gasteiger partial charge in [0.25, 0.3) is 6.43 Å². The maximum atomic E-state index is 12.1. The molecule has 0 aromatic carbocycles. The fraction of sp³-hybridized carbons (Fsp3) is 0.875. The van der Waals surface area contributed by atoms with Crippen molar-refractivity contribution in [2.45, 2.75) is 38.8 Å². The number of hydrogen-bond acceptors (Lipinski definition) is 3. The van der Waals surface area contributed by atoms with Crippen LogP contribution in [0.5, 0.6) is 0 Å². The first kappa shape index (κ1) is 13.1. The lowest BCUT2D eigenvalue weighted by Gasteiger charge is -2.22. The average Bonchev–Trinajstić information content (AvgIpc) is 1.96. The molecule has 0 saturated carbocycles. The first-order valence-electron chi connectivity index (χ1n) is 4.23. The summed E-state index contributed by atoms with van der Waals surface area (Å²) in [5, 5.41) is 2.39. The molecule has 0 fully saturated rings. The van der Waals surface area contributed by atoms with Gasteiger partial charge in [0.2, 0.25) is 0 Å². The number of alkyl carbamates (subject to hydrolysis) is 1. The van der Waals surface area contributed by atoms with Gasteiger partial charge < -0.3 is 15.8 Å². The number of halogens is 2. The van der Waals surface area contributed by atoms with Crippen LogP contribution in [-0.4, -0.2) is 30.7 Å². The minimum absolute atomic E-state index is 0.394. The van der Waals surface area contributed by atoms with E-state index in [1.54, 1.807) is 20.8 Å². The van der Waals surface area contributed by atoms with Crippen molar-refractivity contribution in [3.63, 3.8) is 0 Å². The molecule has 0 radical (unpaired) electrons. The van der Waals surface area contributed by atoms with Crippen molar-refractivity contribution >= 4 is 6.09 Å². The third kappa shape index (κ3) is 5.69. The fourth-order valence-electron chi connectivity index (χ4n) is 0.676. The zero-order valence-corrected chi connectivity index (χ0v) is 8.51. The third-order valence-electron chi connectivity index (χ3n) is 1.25. The maximum Gasteiger partial charge on any atom is 0.408 e. The van der Waals surface area contributed by atoms with E-state index in [2.05, 4.69) is 10.1 Å². The highest BCUT2D eigenvalue weighted by molar-refractivity contribution is 5.68. The van der Waals surface area contributed by atoms with Crippen LogP contribution in [0.25, 0.3) is 0 Å². The van der Waals surface area contributed by atoms with Crippen molar-refractivity contribution < 1.29 is 18.3 Å². The van der Waals surface area contributed by atoms with E-state index in [0.717, 1.165) is 0 Å². The second kappa shape index (κ2) is 5.09. The minimum Gasteiger partial charge on any atom is -0.439 e.